The smallest absolute Gasteiger partial charge is 0.338 e. The van der Waals surface area contributed by atoms with Crippen LogP contribution in [0.5, 0.6) is 0 Å². The summed E-state index contributed by atoms with van der Waals surface area (Å²) < 4.78 is 0. The third-order valence-electron chi connectivity index (χ3n) is 1.75. The molecule has 0 heterocycles. The number of carboxylic acids is 2. The third-order valence-corrected chi connectivity index (χ3v) is 1.75. The Balaban J connectivity index is 4.71. The molecule has 0 saturated carbocycles. The van der Waals surface area contributed by atoms with Crippen LogP contribution in [-0.2, 0) is 14.4 Å². The number of nitrogens with zero attached hydrogens (tertiary/aromatic N) is 1. The van der Waals surface area contributed by atoms with Crippen molar-refractivity contribution in [1.82, 2.24) is 5.32 Å². The molecule has 0 aliphatic heterocycles. The maximum absolute atomic E-state index is 11.4. The number of aliphatic carboxylic acids is 2. The Morgan fingerprint density at radius 1 is 1.18 bits per heavy atom. The lowest BCUT2D eigenvalue weighted by Crippen LogP contribution is -2.48. The number of nitrogens with one attached hydrogen (secondary N) is 1. The first kappa shape index (κ1) is 14.9. The van der Waals surface area contributed by atoms with Gasteiger partial charge < -0.3 is 20.7 Å². The highest BCUT2D eigenvalue weighted by Crippen LogP contribution is 2.02. The van der Waals surface area contributed by atoms with Gasteiger partial charge in [0.05, 0.1) is 0 Å². The van der Waals surface area contributed by atoms with Crippen LogP contribution in [0.15, 0.2) is 5.16 Å². The highest BCUT2D eigenvalue weighted by atomic mass is 16.4. The summed E-state index contributed by atoms with van der Waals surface area (Å²) in [4.78, 5) is 32.4. The summed E-state index contributed by atoms with van der Waals surface area (Å²) in [6.45, 7) is 3.51. The molecule has 0 aromatic heterocycles. The summed E-state index contributed by atoms with van der Waals surface area (Å²) >= 11 is 0. The van der Waals surface area contributed by atoms with Gasteiger partial charge in [-0.2, -0.15) is 0 Å². The lowest BCUT2D eigenvalue weighted by atomic mass is 10.1. The molecule has 0 saturated heterocycles. The number of carbonyl (C=O) groups is 3. The van der Waals surface area contributed by atoms with Crippen LogP contribution in [0.2, 0.25) is 0 Å². The van der Waals surface area contributed by atoms with E-state index in [4.69, 9.17) is 15.4 Å². The lowest BCUT2D eigenvalue weighted by Gasteiger charge is -2.11. The molecule has 1 amide bonds. The molecule has 0 bridgehead atoms. The van der Waals surface area contributed by atoms with Crippen LogP contribution in [0.3, 0.4) is 0 Å². The summed E-state index contributed by atoms with van der Waals surface area (Å²) in [6, 6.07) is -2.06. The molecule has 0 aliphatic carbocycles. The number of carbonyl (C=O) groups excluding carboxylic acids is 1. The highest BCUT2D eigenvalue weighted by Gasteiger charge is 2.29. The van der Waals surface area contributed by atoms with Crippen LogP contribution >= 0.6 is 0 Å². The van der Waals surface area contributed by atoms with Crippen molar-refractivity contribution in [3.63, 3.8) is 0 Å². The van der Waals surface area contributed by atoms with E-state index in [1.54, 1.807) is 19.2 Å². The van der Waals surface area contributed by atoms with Crippen molar-refractivity contribution in [2.45, 2.75) is 26.3 Å². The summed E-state index contributed by atoms with van der Waals surface area (Å²) in [5, 5.41) is 30.1. The molecule has 0 rings (SSSR count). The van der Waals surface area contributed by atoms with E-state index < -0.39 is 23.9 Å². The van der Waals surface area contributed by atoms with Crippen LogP contribution in [0, 0.1) is 5.92 Å². The monoisotopic (exact) mass is 246 g/mol. The van der Waals surface area contributed by atoms with E-state index >= 15 is 0 Å². The molecule has 0 unspecified atom stereocenters. The second-order valence-corrected chi connectivity index (χ2v) is 3.73. The van der Waals surface area contributed by atoms with E-state index in [-0.39, 0.29) is 18.1 Å². The van der Waals surface area contributed by atoms with E-state index in [0.717, 1.165) is 0 Å². The van der Waals surface area contributed by atoms with Crippen LogP contribution < -0.4 is 5.32 Å². The second kappa shape index (κ2) is 6.46. The van der Waals surface area contributed by atoms with Crippen molar-refractivity contribution in [3.05, 3.63) is 0 Å². The minimum Gasteiger partial charge on any atom is -0.479 e. The predicted octanol–water partition coefficient (Wildman–Crippen LogP) is -0.483. The Bertz CT molecular complexity index is 335. The van der Waals surface area contributed by atoms with Crippen molar-refractivity contribution in [1.29, 1.82) is 0 Å². The molecular formula is C9H14N2O6. The second-order valence-electron chi connectivity index (χ2n) is 3.73. The summed E-state index contributed by atoms with van der Waals surface area (Å²) in [6.07, 6.45) is 0.105. The fraction of sp³-hybridized carbons (Fsp3) is 0.556. The number of oxime groups is 1. The molecule has 96 valence electrons. The van der Waals surface area contributed by atoms with Gasteiger partial charge in [-0.3, -0.25) is 4.79 Å². The highest BCUT2D eigenvalue weighted by molar-refractivity contribution is 6.39. The van der Waals surface area contributed by atoms with Crippen LogP contribution in [0.1, 0.15) is 20.3 Å². The largest absolute Gasteiger partial charge is 0.479 e. The Morgan fingerprint density at radius 2 is 1.65 bits per heavy atom. The van der Waals surface area contributed by atoms with Crippen LogP contribution in [0.4, 0.5) is 0 Å². The van der Waals surface area contributed by atoms with Crippen molar-refractivity contribution < 1.29 is 29.8 Å². The summed E-state index contributed by atoms with van der Waals surface area (Å²) in [5.74, 6) is -4.42. The third kappa shape index (κ3) is 4.96. The first-order valence-electron chi connectivity index (χ1n) is 4.77. The molecule has 4 N–H and O–H groups in total. The van der Waals surface area contributed by atoms with Crippen molar-refractivity contribution in [2.24, 2.45) is 11.1 Å². The van der Waals surface area contributed by atoms with Crippen molar-refractivity contribution in [3.8, 4) is 0 Å². The molecule has 0 radical (unpaired) electrons. The van der Waals surface area contributed by atoms with Gasteiger partial charge in [-0.05, 0) is 5.92 Å². The molecular weight excluding hydrogens is 232 g/mol. The number of amides is 1. The fourth-order valence-electron chi connectivity index (χ4n) is 1.01. The average Bonchev–Trinajstić information content (AvgIpc) is 2.20. The topological polar surface area (TPSA) is 136 Å². The number of hydrogen-bond acceptors (Lipinski definition) is 5. The lowest BCUT2D eigenvalue weighted by molar-refractivity contribution is -0.152. The minimum absolute atomic E-state index is 0.000226. The van der Waals surface area contributed by atoms with Gasteiger partial charge in [0.25, 0.3) is 5.91 Å². The fourth-order valence-corrected chi connectivity index (χ4v) is 1.01. The van der Waals surface area contributed by atoms with Crippen LogP contribution in [0.25, 0.3) is 0 Å². The molecule has 0 aromatic rings. The van der Waals surface area contributed by atoms with E-state index in [1.165, 1.54) is 0 Å². The maximum Gasteiger partial charge on any atom is 0.338 e. The zero-order valence-electron chi connectivity index (χ0n) is 9.38. The SMILES string of the molecule is CC(C)C/C(=N\O)C(=O)NC(C(=O)O)C(=O)O. The maximum atomic E-state index is 11.4. The molecule has 0 atom stereocenters. The van der Waals surface area contributed by atoms with E-state index in [0.29, 0.717) is 0 Å². The van der Waals surface area contributed by atoms with Gasteiger partial charge in [-0.25, -0.2) is 9.59 Å². The number of carboxylic acid groups (broad SMARTS) is 2. The summed E-state index contributed by atoms with van der Waals surface area (Å²) in [7, 11) is 0. The quantitative estimate of drug-likeness (QED) is 0.216. The average molecular weight is 246 g/mol. The first-order valence-corrected chi connectivity index (χ1v) is 4.77. The van der Waals surface area contributed by atoms with E-state index in [2.05, 4.69) is 5.16 Å². The Hall–Kier alpha value is -2.12. The molecule has 8 heteroatoms. The number of hydrogen-bond donors (Lipinski definition) is 4. The van der Waals surface area contributed by atoms with Gasteiger partial charge in [0, 0.05) is 6.42 Å². The standard InChI is InChI=1S/C9H14N2O6/c1-4(2)3-5(11-17)7(12)10-6(8(13)14)9(15)16/h4,6,17H,3H2,1-2H3,(H,10,12)(H,13,14)(H,15,16)/b11-5+. The van der Waals surface area contributed by atoms with Crippen molar-refractivity contribution in [2.75, 3.05) is 0 Å². The molecule has 17 heavy (non-hydrogen) atoms. The van der Waals surface area contributed by atoms with E-state index in [9.17, 15) is 14.4 Å². The number of rotatable bonds is 6. The van der Waals surface area contributed by atoms with Gasteiger partial charge in [-0.15, -0.1) is 0 Å². The molecule has 0 spiro atoms. The van der Waals surface area contributed by atoms with Crippen LogP contribution in [-0.4, -0.2) is 45.0 Å². The van der Waals surface area contributed by atoms with Gasteiger partial charge in [0.15, 0.2) is 0 Å². The van der Waals surface area contributed by atoms with Gasteiger partial charge in [-0.1, -0.05) is 19.0 Å². The zero-order chi connectivity index (χ0) is 13.6. The Morgan fingerprint density at radius 3 is 1.94 bits per heavy atom. The first-order chi connectivity index (χ1) is 7.79. The minimum atomic E-state index is -2.06. The van der Waals surface area contributed by atoms with Gasteiger partial charge in [0.1, 0.15) is 5.71 Å². The summed E-state index contributed by atoms with van der Waals surface area (Å²) in [5.41, 5.74) is -0.312. The van der Waals surface area contributed by atoms with Crippen molar-refractivity contribution >= 4 is 23.6 Å². The predicted molar refractivity (Wildman–Crippen MR) is 55.9 cm³/mol. The Labute approximate surface area is 96.9 Å². The normalized spacial score (nSPS) is 11.6. The molecule has 8 nitrogen and oxygen atoms in total. The van der Waals surface area contributed by atoms with E-state index in [1.807, 2.05) is 0 Å². The van der Waals surface area contributed by atoms with Gasteiger partial charge >= 0.3 is 11.9 Å². The molecule has 0 aromatic carbocycles. The van der Waals surface area contributed by atoms with Gasteiger partial charge in [0.2, 0.25) is 6.04 Å². The molecule has 0 aliphatic rings. The Kier molecular flexibility index (Phi) is 5.65. The zero-order valence-corrected chi connectivity index (χ0v) is 9.38. The molecule has 0 fully saturated rings.